The Morgan fingerprint density at radius 3 is 2.62 bits per heavy atom. The average molecular weight is 346 g/mol. The molecule has 128 valence electrons. The van der Waals surface area contributed by atoms with Gasteiger partial charge in [-0.2, -0.15) is 11.3 Å². The minimum Gasteiger partial charge on any atom is -0.357 e. The minimum absolute atomic E-state index is 0.00844. The summed E-state index contributed by atoms with van der Waals surface area (Å²) in [5.74, 6) is -0.00844. The van der Waals surface area contributed by atoms with Crippen LogP contribution in [0, 0.1) is 0 Å². The summed E-state index contributed by atoms with van der Waals surface area (Å²) in [6.07, 6.45) is 2.58. The Bertz CT molecular complexity index is 661. The lowest BCUT2D eigenvalue weighted by molar-refractivity contribution is 0.0658. The summed E-state index contributed by atoms with van der Waals surface area (Å²) >= 11 is 1.67. The molecule has 1 fully saturated rings. The standard InChI is InChI=1S/C17H22N4O2S/c1-13(11-14-4-10-24-12-14)19-17(23)21-8-6-20(7-9-21)16(22)15-3-2-5-18-15/h2-5,10,12-13,18H,6-9,11H2,1H3,(H,19,23)/t13-/m1/s1. The van der Waals surface area contributed by atoms with Crippen LogP contribution in [-0.2, 0) is 6.42 Å². The van der Waals surface area contributed by atoms with E-state index in [1.165, 1.54) is 5.56 Å². The minimum atomic E-state index is -0.0512. The second-order valence-corrected chi connectivity index (χ2v) is 6.83. The van der Waals surface area contributed by atoms with Gasteiger partial charge in [0, 0.05) is 38.4 Å². The summed E-state index contributed by atoms with van der Waals surface area (Å²) in [5.41, 5.74) is 1.84. The largest absolute Gasteiger partial charge is 0.357 e. The molecule has 0 aromatic carbocycles. The number of carbonyl (C=O) groups excluding carboxylic acids is 2. The third-order valence-electron chi connectivity index (χ3n) is 4.17. The van der Waals surface area contributed by atoms with Gasteiger partial charge in [0.2, 0.25) is 0 Å². The van der Waals surface area contributed by atoms with E-state index in [1.54, 1.807) is 33.4 Å². The number of amides is 3. The molecule has 7 heteroatoms. The molecule has 3 heterocycles. The number of aromatic amines is 1. The van der Waals surface area contributed by atoms with Crippen molar-refractivity contribution in [1.82, 2.24) is 20.1 Å². The van der Waals surface area contributed by atoms with Gasteiger partial charge in [-0.05, 0) is 47.9 Å². The molecule has 0 spiro atoms. The maximum absolute atomic E-state index is 12.3. The van der Waals surface area contributed by atoms with Crippen molar-refractivity contribution in [1.29, 1.82) is 0 Å². The van der Waals surface area contributed by atoms with E-state index in [2.05, 4.69) is 21.7 Å². The molecule has 0 unspecified atom stereocenters. The third-order valence-corrected chi connectivity index (χ3v) is 4.91. The van der Waals surface area contributed by atoms with E-state index in [0.29, 0.717) is 31.9 Å². The first-order chi connectivity index (χ1) is 11.6. The second kappa shape index (κ2) is 7.53. The van der Waals surface area contributed by atoms with Gasteiger partial charge >= 0.3 is 6.03 Å². The predicted molar refractivity (Wildman–Crippen MR) is 94.3 cm³/mol. The number of urea groups is 1. The first kappa shape index (κ1) is 16.6. The fraction of sp³-hybridized carbons (Fsp3) is 0.412. The molecular weight excluding hydrogens is 324 g/mol. The van der Waals surface area contributed by atoms with Crippen molar-refractivity contribution in [2.24, 2.45) is 0 Å². The van der Waals surface area contributed by atoms with E-state index in [0.717, 1.165) is 6.42 Å². The number of carbonyl (C=O) groups is 2. The number of piperazine rings is 1. The number of nitrogens with one attached hydrogen (secondary N) is 2. The zero-order valence-electron chi connectivity index (χ0n) is 13.7. The van der Waals surface area contributed by atoms with Crippen molar-refractivity contribution in [3.05, 3.63) is 46.4 Å². The molecule has 0 radical (unpaired) electrons. The Kier molecular flexibility index (Phi) is 5.20. The van der Waals surface area contributed by atoms with Crippen LogP contribution < -0.4 is 5.32 Å². The highest BCUT2D eigenvalue weighted by Crippen LogP contribution is 2.10. The highest BCUT2D eigenvalue weighted by atomic mass is 32.1. The summed E-state index contributed by atoms with van der Waals surface area (Å²) in [5, 5.41) is 7.19. The Morgan fingerprint density at radius 2 is 2.00 bits per heavy atom. The molecule has 2 N–H and O–H groups in total. The highest BCUT2D eigenvalue weighted by molar-refractivity contribution is 7.07. The molecule has 1 atom stereocenters. The molecule has 1 aliphatic heterocycles. The molecule has 3 rings (SSSR count). The number of H-pyrrole nitrogens is 1. The van der Waals surface area contributed by atoms with Crippen LogP contribution in [0.25, 0.3) is 0 Å². The fourth-order valence-corrected chi connectivity index (χ4v) is 3.54. The van der Waals surface area contributed by atoms with Crippen LogP contribution in [0.2, 0.25) is 0 Å². The van der Waals surface area contributed by atoms with Crippen LogP contribution in [0.5, 0.6) is 0 Å². The monoisotopic (exact) mass is 346 g/mol. The molecule has 3 amide bonds. The molecule has 0 aliphatic carbocycles. The van der Waals surface area contributed by atoms with Crippen LogP contribution in [0.3, 0.4) is 0 Å². The summed E-state index contributed by atoms with van der Waals surface area (Å²) in [4.78, 5) is 31.1. The van der Waals surface area contributed by atoms with Gasteiger partial charge in [0.25, 0.3) is 5.91 Å². The van der Waals surface area contributed by atoms with Crippen LogP contribution in [-0.4, -0.2) is 58.9 Å². The Balaban J connectivity index is 1.45. The van der Waals surface area contributed by atoms with Crippen molar-refractivity contribution in [3.8, 4) is 0 Å². The van der Waals surface area contributed by atoms with E-state index in [-0.39, 0.29) is 18.0 Å². The van der Waals surface area contributed by atoms with Gasteiger partial charge in [0.15, 0.2) is 0 Å². The van der Waals surface area contributed by atoms with Gasteiger partial charge in [0.1, 0.15) is 5.69 Å². The molecule has 2 aromatic rings. The normalized spacial score (nSPS) is 16.0. The van der Waals surface area contributed by atoms with Gasteiger partial charge in [-0.3, -0.25) is 4.79 Å². The lowest BCUT2D eigenvalue weighted by atomic mass is 10.1. The molecule has 24 heavy (non-hydrogen) atoms. The molecular formula is C17H22N4O2S. The number of aromatic nitrogens is 1. The number of hydrogen-bond acceptors (Lipinski definition) is 3. The maximum Gasteiger partial charge on any atom is 0.317 e. The Labute approximate surface area is 145 Å². The van der Waals surface area contributed by atoms with E-state index >= 15 is 0 Å². The van der Waals surface area contributed by atoms with Crippen LogP contribution >= 0.6 is 11.3 Å². The lowest BCUT2D eigenvalue weighted by Crippen LogP contribution is -2.54. The second-order valence-electron chi connectivity index (χ2n) is 6.05. The summed E-state index contributed by atoms with van der Waals surface area (Å²) in [7, 11) is 0. The van der Waals surface area contributed by atoms with Crippen molar-refractivity contribution >= 4 is 23.3 Å². The molecule has 1 saturated heterocycles. The van der Waals surface area contributed by atoms with E-state index in [1.807, 2.05) is 18.4 Å². The highest BCUT2D eigenvalue weighted by Gasteiger charge is 2.25. The number of nitrogens with zero attached hydrogens (tertiary/aromatic N) is 2. The number of thiophene rings is 1. The van der Waals surface area contributed by atoms with E-state index in [4.69, 9.17) is 0 Å². The van der Waals surface area contributed by atoms with Gasteiger partial charge in [-0.15, -0.1) is 0 Å². The number of rotatable bonds is 4. The first-order valence-corrected chi connectivity index (χ1v) is 9.07. The quantitative estimate of drug-likeness (QED) is 0.891. The molecule has 0 saturated carbocycles. The van der Waals surface area contributed by atoms with Crippen molar-refractivity contribution in [2.45, 2.75) is 19.4 Å². The van der Waals surface area contributed by atoms with Gasteiger partial charge in [-0.25, -0.2) is 4.79 Å². The zero-order chi connectivity index (χ0) is 16.9. The molecule has 1 aliphatic rings. The summed E-state index contributed by atoms with van der Waals surface area (Å²) < 4.78 is 0. The molecule has 2 aromatic heterocycles. The van der Waals surface area contributed by atoms with Crippen LogP contribution in [0.15, 0.2) is 35.2 Å². The smallest absolute Gasteiger partial charge is 0.317 e. The van der Waals surface area contributed by atoms with Crippen molar-refractivity contribution in [3.63, 3.8) is 0 Å². The topological polar surface area (TPSA) is 68.4 Å². The summed E-state index contributed by atoms with van der Waals surface area (Å²) in [6.45, 7) is 4.25. The third kappa shape index (κ3) is 3.97. The maximum atomic E-state index is 12.3. The summed E-state index contributed by atoms with van der Waals surface area (Å²) in [6, 6.07) is 5.70. The van der Waals surface area contributed by atoms with E-state index in [9.17, 15) is 9.59 Å². The van der Waals surface area contributed by atoms with Gasteiger partial charge < -0.3 is 20.1 Å². The Morgan fingerprint density at radius 1 is 1.25 bits per heavy atom. The van der Waals surface area contributed by atoms with Gasteiger partial charge in [0.05, 0.1) is 0 Å². The lowest BCUT2D eigenvalue weighted by Gasteiger charge is -2.35. The molecule has 0 bridgehead atoms. The predicted octanol–water partition coefficient (Wildman–Crippen LogP) is 2.17. The average Bonchev–Trinajstić information content (AvgIpc) is 3.27. The van der Waals surface area contributed by atoms with Crippen LogP contribution in [0.1, 0.15) is 23.0 Å². The molecule has 6 nitrogen and oxygen atoms in total. The Hall–Kier alpha value is -2.28. The first-order valence-electron chi connectivity index (χ1n) is 8.12. The van der Waals surface area contributed by atoms with Crippen molar-refractivity contribution < 1.29 is 9.59 Å². The van der Waals surface area contributed by atoms with E-state index < -0.39 is 0 Å². The van der Waals surface area contributed by atoms with Gasteiger partial charge in [-0.1, -0.05) is 0 Å². The fourth-order valence-electron chi connectivity index (χ4n) is 2.86. The SMILES string of the molecule is C[C@H](Cc1ccsc1)NC(=O)N1CCN(C(=O)c2ccc[nH]2)CC1. The van der Waals surface area contributed by atoms with Crippen molar-refractivity contribution in [2.75, 3.05) is 26.2 Å². The number of hydrogen-bond donors (Lipinski definition) is 2. The zero-order valence-corrected chi connectivity index (χ0v) is 14.5. The van der Waals surface area contributed by atoms with Crippen LogP contribution in [0.4, 0.5) is 4.79 Å².